The number of aliphatic carboxylic acids is 1. The van der Waals surface area contributed by atoms with Crippen LogP contribution in [0.5, 0.6) is 0 Å². The van der Waals surface area contributed by atoms with Crippen LogP contribution in [0.3, 0.4) is 0 Å². The number of hydrogen-bond acceptors (Lipinski definition) is 3. The monoisotopic (exact) mass is 220 g/mol. The molecule has 0 bridgehead atoms. The van der Waals surface area contributed by atoms with Gasteiger partial charge in [-0.25, -0.2) is 4.79 Å². The number of hydrogen-bond donors (Lipinski definition) is 2. The molecule has 0 unspecified atom stereocenters. The van der Waals surface area contributed by atoms with Crippen LogP contribution in [0.4, 0.5) is 0 Å². The number of carbonyl (C=O) groups excluding carboxylic acids is 1. The van der Waals surface area contributed by atoms with E-state index in [-0.39, 0.29) is 5.91 Å². The summed E-state index contributed by atoms with van der Waals surface area (Å²) in [7, 11) is 0. The summed E-state index contributed by atoms with van der Waals surface area (Å²) < 4.78 is 0. The Bertz CT molecular complexity index is 427. The molecule has 1 aromatic rings. The molecule has 0 spiro atoms. The van der Waals surface area contributed by atoms with Gasteiger partial charge in [0.05, 0.1) is 0 Å². The molecular weight excluding hydrogens is 208 g/mol. The third-order valence-corrected chi connectivity index (χ3v) is 1.84. The van der Waals surface area contributed by atoms with E-state index in [2.05, 4.69) is 10.3 Å². The van der Waals surface area contributed by atoms with Crippen molar-refractivity contribution in [3.63, 3.8) is 0 Å². The maximum atomic E-state index is 11.6. The fourth-order valence-electron chi connectivity index (χ4n) is 1.16. The zero-order valence-electron chi connectivity index (χ0n) is 8.80. The second-order valence-electron chi connectivity index (χ2n) is 2.99. The molecule has 1 heterocycles. The lowest BCUT2D eigenvalue weighted by atomic mass is 10.1. The summed E-state index contributed by atoms with van der Waals surface area (Å²) in [4.78, 5) is 25.8. The van der Waals surface area contributed by atoms with Crippen molar-refractivity contribution in [2.45, 2.75) is 6.92 Å². The molecule has 0 aliphatic rings. The van der Waals surface area contributed by atoms with Gasteiger partial charge < -0.3 is 10.4 Å². The first-order valence-corrected chi connectivity index (χ1v) is 4.78. The van der Waals surface area contributed by atoms with Crippen LogP contribution in [0, 0.1) is 0 Å². The standard InChI is InChI=1S/C11H12N2O3/c1-2-13-11(16)9-5-6-12-7-8(9)3-4-10(14)15/h3-7H,2H2,1H3,(H,13,16)(H,14,15). The van der Waals surface area contributed by atoms with Gasteiger partial charge in [0.25, 0.3) is 5.91 Å². The van der Waals surface area contributed by atoms with Gasteiger partial charge in [-0.1, -0.05) is 0 Å². The molecule has 5 heteroatoms. The average Bonchev–Trinajstić information content (AvgIpc) is 2.27. The van der Waals surface area contributed by atoms with Gasteiger partial charge in [0.15, 0.2) is 0 Å². The molecule has 1 amide bonds. The van der Waals surface area contributed by atoms with E-state index in [1.165, 1.54) is 18.5 Å². The van der Waals surface area contributed by atoms with Crippen molar-refractivity contribution in [3.05, 3.63) is 35.7 Å². The molecule has 84 valence electrons. The lowest BCUT2D eigenvalue weighted by molar-refractivity contribution is -0.131. The van der Waals surface area contributed by atoms with Gasteiger partial charge in [-0.05, 0) is 19.1 Å². The molecular formula is C11H12N2O3. The number of carboxylic acids is 1. The molecule has 5 nitrogen and oxygen atoms in total. The van der Waals surface area contributed by atoms with Gasteiger partial charge in [-0.15, -0.1) is 0 Å². The molecule has 0 radical (unpaired) electrons. The van der Waals surface area contributed by atoms with E-state index >= 15 is 0 Å². The maximum Gasteiger partial charge on any atom is 0.328 e. The van der Waals surface area contributed by atoms with E-state index in [0.29, 0.717) is 17.7 Å². The van der Waals surface area contributed by atoms with Crippen LogP contribution >= 0.6 is 0 Å². The molecule has 0 saturated carbocycles. The molecule has 16 heavy (non-hydrogen) atoms. The van der Waals surface area contributed by atoms with Crippen molar-refractivity contribution in [3.8, 4) is 0 Å². The number of rotatable bonds is 4. The minimum Gasteiger partial charge on any atom is -0.478 e. The Labute approximate surface area is 92.8 Å². The summed E-state index contributed by atoms with van der Waals surface area (Å²) in [6.45, 7) is 2.33. The Kier molecular flexibility index (Phi) is 4.20. The Morgan fingerprint density at radius 3 is 2.94 bits per heavy atom. The van der Waals surface area contributed by atoms with Crippen molar-refractivity contribution in [1.29, 1.82) is 0 Å². The third kappa shape index (κ3) is 3.20. The van der Waals surface area contributed by atoms with E-state index in [9.17, 15) is 9.59 Å². The highest BCUT2D eigenvalue weighted by molar-refractivity contribution is 5.98. The van der Waals surface area contributed by atoms with Gasteiger partial charge in [0, 0.05) is 36.1 Å². The van der Waals surface area contributed by atoms with Gasteiger partial charge in [0.1, 0.15) is 0 Å². The zero-order chi connectivity index (χ0) is 12.0. The Morgan fingerprint density at radius 1 is 1.56 bits per heavy atom. The number of nitrogens with one attached hydrogen (secondary N) is 1. The molecule has 0 saturated heterocycles. The maximum absolute atomic E-state index is 11.6. The number of carbonyl (C=O) groups is 2. The summed E-state index contributed by atoms with van der Waals surface area (Å²) in [6, 6.07) is 1.55. The molecule has 2 N–H and O–H groups in total. The van der Waals surface area contributed by atoms with E-state index in [0.717, 1.165) is 6.08 Å². The fourth-order valence-corrected chi connectivity index (χ4v) is 1.16. The number of carboxylic acid groups (broad SMARTS) is 1. The summed E-state index contributed by atoms with van der Waals surface area (Å²) in [5, 5.41) is 11.1. The lowest BCUT2D eigenvalue weighted by Gasteiger charge is -2.04. The smallest absolute Gasteiger partial charge is 0.328 e. The summed E-state index contributed by atoms with van der Waals surface area (Å²) >= 11 is 0. The van der Waals surface area contributed by atoms with Gasteiger partial charge in [-0.3, -0.25) is 9.78 Å². The van der Waals surface area contributed by atoms with E-state index in [1.807, 2.05) is 6.92 Å². The minimum atomic E-state index is -1.06. The predicted octanol–water partition coefficient (Wildman–Crippen LogP) is 0.929. The van der Waals surface area contributed by atoms with Gasteiger partial charge in [-0.2, -0.15) is 0 Å². The fraction of sp³-hybridized carbons (Fsp3) is 0.182. The third-order valence-electron chi connectivity index (χ3n) is 1.84. The lowest BCUT2D eigenvalue weighted by Crippen LogP contribution is -2.23. The van der Waals surface area contributed by atoms with Crippen molar-refractivity contribution >= 4 is 18.0 Å². The Balaban J connectivity index is 3.00. The normalized spacial score (nSPS) is 10.3. The first-order chi connectivity index (χ1) is 7.65. The number of nitrogens with zero attached hydrogens (tertiary/aromatic N) is 1. The number of pyridine rings is 1. The predicted molar refractivity (Wildman–Crippen MR) is 58.9 cm³/mol. The van der Waals surface area contributed by atoms with Crippen molar-refractivity contribution in [2.75, 3.05) is 6.54 Å². The van der Waals surface area contributed by atoms with Gasteiger partial charge in [0.2, 0.25) is 0 Å². The topological polar surface area (TPSA) is 79.3 Å². The Morgan fingerprint density at radius 2 is 2.31 bits per heavy atom. The van der Waals surface area contributed by atoms with E-state index in [4.69, 9.17) is 5.11 Å². The van der Waals surface area contributed by atoms with Crippen LogP contribution in [-0.4, -0.2) is 28.5 Å². The van der Waals surface area contributed by atoms with E-state index in [1.54, 1.807) is 6.07 Å². The number of aromatic nitrogens is 1. The SMILES string of the molecule is CCNC(=O)c1ccncc1C=CC(=O)O. The van der Waals surface area contributed by atoms with Crippen LogP contribution < -0.4 is 5.32 Å². The van der Waals surface area contributed by atoms with Crippen molar-refractivity contribution < 1.29 is 14.7 Å². The molecule has 0 aliphatic heterocycles. The Hall–Kier alpha value is -2.17. The molecule has 1 aromatic heterocycles. The van der Waals surface area contributed by atoms with E-state index < -0.39 is 5.97 Å². The van der Waals surface area contributed by atoms with Crippen molar-refractivity contribution in [2.24, 2.45) is 0 Å². The second kappa shape index (κ2) is 5.65. The van der Waals surface area contributed by atoms with Crippen LogP contribution in [0.2, 0.25) is 0 Å². The number of amides is 1. The molecule has 0 atom stereocenters. The van der Waals surface area contributed by atoms with Crippen LogP contribution in [0.15, 0.2) is 24.5 Å². The largest absolute Gasteiger partial charge is 0.478 e. The summed E-state index contributed by atoms with van der Waals surface area (Å²) in [5.74, 6) is -1.30. The minimum absolute atomic E-state index is 0.241. The quantitative estimate of drug-likeness (QED) is 0.740. The summed E-state index contributed by atoms with van der Waals surface area (Å²) in [5.41, 5.74) is 0.894. The highest BCUT2D eigenvalue weighted by Gasteiger charge is 2.08. The highest BCUT2D eigenvalue weighted by Crippen LogP contribution is 2.08. The van der Waals surface area contributed by atoms with Gasteiger partial charge >= 0.3 is 5.97 Å². The molecule has 0 aromatic carbocycles. The molecule has 1 rings (SSSR count). The first-order valence-electron chi connectivity index (χ1n) is 4.78. The average molecular weight is 220 g/mol. The molecule has 0 aliphatic carbocycles. The zero-order valence-corrected chi connectivity index (χ0v) is 8.80. The van der Waals surface area contributed by atoms with Crippen molar-refractivity contribution in [1.82, 2.24) is 10.3 Å². The second-order valence-corrected chi connectivity index (χ2v) is 2.99. The molecule has 0 fully saturated rings. The summed E-state index contributed by atoms with van der Waals surface area (Å²) in [6.07, 6.45) is 5.26. The highest BCUT2D eigenvalue weighted by atomic mass is 16.4. The van der Waals surface area contributed by atoms with Crippen LogP contribution in [0.25, 0.3) is 6.08 Å². The van der Waals surface area contributed by atoms with Crippen LogP contribution in [0.1, 0.15) is 22.8 Å². The van der Waals surface area contributed by atoms with Crippen LogP contribution in [-0.2, 0) is 4.79 Å². The first kappa shape index (κ1) is 11.9.